The van der Waals surface area contributed by atoms with Crippen LogP contribution in [0.4, 0.5) is 5.69 Å². The van der Waals surface area contributed by atoms with Gasteiger partial charge in [-0.3, -0.25) is 4.79 Å². The predicted octanol–water partition coefficient (Wildman–Crippen LogP) is 0.570. The first-order valence-corrected chi connectivity index (χ1v) is 5.39. The number of hydrogen-bond donors (Lipinski definition) is 2. The summed E-state index contributed by atoms with van der Waals surface area (Å²) in [4.78, 5) is 22.3. The van der Waals surface area contributed by atoms with Crippen LogP contribution in [0, 0.1) is 0 Å². The SMILES string of the molecule is CNC(=O)CCOc1cc(C(=O)OC)ccc1N. The molecule has 0 heterocycles. The molecule has 1 amide bonds. The Kier molecular flexibility index (Phi) is 4.98. The maximum atomic E-state index is 11.3. The van der Waals surface area contributed by atoms with Crippen molar-refractivity contribution >= 4 is 17.6 Å². The molecule has 3 N–H and O–H groups in total. The zero-order valence-electron chi connectivity index (χ0n) is 10.4. The van der Waals surface area contributed by atoms with E-state index in [0.717, 1.165) is 0 Å². The average molecular weight is 252 g/mol. The van der Waals surface area contributed by atoms with Crippen LogP contribution >= 0.6 is 0 Å². The van der Waals surface area contributed by atoms with E-state index >= 15 is 0 Å². The fourth-order valence-electron chi connectivity index (χ4n) is 1.28. The number of nitrogen functional groups attached to an aromatic ring is 1. The van der Waals surface area contributed by atoms with Gasteiger partial charge in [-0.1, -0.05) is 0 Å². The van der Waals surface area contributed by atoms with Crippen LogP contribution in [0.2, 0.25) is 0 Å². The van der Waals surface area contributed by atoms with E-state index in [9.17, 15) is 9.59 Å². The molecule has 1 rings (SSSR count). The Morgan fingerprint density at radius 1 is 1.39 bits per heavy atom. The molecule has 0 aromatic heterocycles. The van der Waals surface area contributed by atoms with Gasteiger partial charge < -0.3 is 20.5 Å². The van der Waals surface area contributed by atoms with Gasteiger partial charge in [0.2, 0.25) is 5.91 Å². The van der Waals surface area contributed by atoms with E-state index in [-0.39, 0.29) is 18.9 Å². The molecule has 0 fully saturated rings. The monoisotopic (exact) mass is 252 g/mol. The van der Waals surface area contributed by atoms with Crippen LogP contribution in [0.1, 0.15) is 16.8 Å². The number of nitrogens with two attached hydrogens (primary N) is 1. The first-order chi connectivity index (χ1) is 8.58. The van der Waals surface area contributed by atoms with E-state index in [1.54, 1.807) is 19.2 Å². The summed E-state index contributed by atoms with van der Waals surface area (Å²) >= 11 is 0. The summed E-state index contributed by atoms with van der Waals surface area (Å²) in [6.07, 6.45) is 0.221. The second kappa shape index (κ2) is 6.48. The Labute approximate surface area is 105 Å². The Morgan fingerprint density at radius 3 is 2.72 bits per heavy atom. The number of anilines is 1. The van der Waals surface area contributed by atoms with E-state index in [2.05, 4.69) is 10.1 Å². The zero-order valence-corrected chi connectivity index (χ0v) is 10.4. The molecule has 0 unspecified atom stereocenters. The highest BCUT2D eigenvalue weighted by Gasteiger charge is 2.09. The van der Waals surface area contributed by atoms with E-state index in [0.29, 0.717) is 17.0 Å². The molecule has 1 aromatic carbocycles. The van der Waals surface area contributed by atoms with E-state index < -0.39 is 5.97 Å². The van der Waals surface area contributed by atoms with Gasteiger partial charge >= 0.3 is 5.97 Å². The normalized spacial score (nSPS) is 9.67. The lowest BCUT2D eigenvalue weighted by Crippen LogP contribution is -2.20. The van der Waals surface area contributed by atoms with E-state index in [1.807, 2.05) is 0 Å². The highest BCUT2D eigenvalue weighted by molar-refractivity contribution is 5.90. The maximum Gasteiger partial charge on any atom is 0.337 e. The summed E-state index contributed by atoms with van der Waals surface area (Å²) < 4.78 is 9.94. The minimum atomic E-state index is -0.467. The van der Waals surface area contributed by atoms with Crippen molar-refractivity contribution in [1.29, 1.82) is 0 Å². The van der Waals surface area contributed by atoms with Gasteiger partial charge in [0, 0.05) is 7.05 Å². The average Bonchev–Trinajstić information content (AvgIpc) is 2.39. The number of nitrogens with one attached hydrogen (secondary N) is 1. The summed E-state index contributed by atoms with van der Waals surface area (Å²) in [6, 6.07) is 4.60. The number of carbonyl (C=O) groups excluding carboxylic acids is 2. The molecule has 0 spiro atoms. The minimum Gasteiger partial charge on any atom is -0.491 e. The van der Waals surface area contributed by atoms with Gasteiger partial charge in [0.25, 0.3) is 0 Å². The third kappa shape index (κ3) is 3.65. The largest absolute Gasteiger partial charge is 0.491 e. The van der Waals surface area contributed by atoms with Gasteiger partial charge in [-0.2, -0.15) is 0 Å². The third-order valence-corrected chi connectivity index (χ3v) is 2.30. The zero-order chi connectivity index (χ0) is 13.5. The molecule has 0 aliphatic carbocycles. The Balaban J connectivity index is 2.69. The Morgan fingerprint density at radius 2 is 2.11 bits per heavy atom. The Hall–Kier alpha value is -2.24. The van der Waals surface area contributed by atoms with Crippen molar-refractivity contribution in [3.05, 3.63) is 23.8 Å². The molecule has 1 aromatic rings. The van der Waals surface area contributed by atoms with Crippen LogP contribution in [0.15, 0.2) is 18.2 Å². The predicted molar refractivity (Wildman–Crippen MR) is 66.4 cm³/mol. The molecule has 0 radical (unpaired) electrons. The van der Waals surface area contributed by atoms with Crippen molar-refractivity contribution < 1.29 is 19.1 Å². The van der Waals surface area contributed by atoms with Crippen LogP contribution in [-0.4, -0.2) is 32.6 Å². The highest BCUT2D eigenvalue weighted by Crippen LogP contribution is 2.23. The smallest absolute Gasteiger partial charge is 0.337 e. The van der Waals surface area contributed by atoms with Crippen molar-refractivity contribution in [2.75, 3.05) is 26.5 Å². The number of benzene rings is 1. The molecule has 6 heteroatoms. The van der Waals surface area contributed by atoms with Gasteiger partial charge in [0.05, 0.1) is 31.4 Å². The van der Waals surface area contributed by atoms with Gasteiger partial charge in [-0.25, -0.2) is 4.79 Å². The molecule has 0 aliphatic heterocycles. The van der Waals surface area contributed by atoms with Crippen molar-refractivity contribution in [2.45, 2.75) is 6.42 Å². The molecule has 0 saturated heterocycles. The third-order valence-electron chi connectivity index (χ3n) is 2.30. The first kappa shape index (κ1) is 13.8. The summed E-state index contributed by atoms with van der Waals surface area (Å²) in [5.41, 5.74) is 6.45. The number of hydrogen-bond acceptors (Lipinski definition) is 5. The first-order valence-electron chi connectivity index (χ1n) is 5.39. The van der Waals surface area contributed by atoms with Crippen LogP contribution in [0.5, 0.6) is 5.75 Å². The van der Waals surface area contributed by atoms with Crippen molar-refractivity contribution in [1.82, 2.24) is 5.32 Å². The molecule has 18 heavy (non-hydrogen) atoms. The van der Waals surface area contributed by atoms with Crippen LogP contribution in [-0.2, 0) is 9.53 Å². The van der Waals surface area contributed by atoms with Crippen LogP contribution in [0.3, 0.4) is 0 Å². The minimum absolute atomic E-state index is 0.127. The van der Waals surface area contributed by atoms with Gasteiger partial charge in [0.15, 0.2) is 0 Å². The molecule has 6 nitrogen and oxygen atoms in total. The highest BCUT2D eigenvalue weighted by atomic mass is 16.5. The standard InChI is InChI=1S/C12H16N2O4/c1-14-11(15)5-6-18-10-7-8(12(16)17-2)3-4-9(10)13/h3-4,7H,5-6,13H2,1-2H3,(H,14,15). The Bertz CT molecular complexity index is 446. The quantitative estimate of drug-likeness (QED) is 0.590. The van der Waals surface area contributed by atoms with Crippen molar-refractivity contribution in [3.63, 3.8) is 0 Å². The van der Waals surface area contributed by atoms with Gasteiger partial charge in [-0.15, -0.1) is 0 Å². The number of methoxy groups -OCH3 is 1. The lowest BCUT2D eigenvalue weighted by molar-refractivity contribution is -0.121. The molecular weight excluding hydrogens is 236 g/mol. The van der Waals surface area contributed by atoms with Crippen molar-refractivity contribution in [2.24, 2.45) is 0 Å². The number of carbonyl (C=O) groups is 2. The van der Waals surface area contributed by atoms with Crippen molar-refractivity contribution in [3.8, 4) is 5.75 Å². The summed E-state index contributed by atoms with van der Waals surface area (Å²) in [5, 5.41) is 2.48. The molecular formula is C12H16N2O4. The number of ether oxygens (including phenoxy) is 2. The van der Waals surface area contributed by atoms with Gasteiger partial charge in [-0.05, 0) is 18.2 Å². The molecule has 0 bridgehead atoms. The topological polar surface area (TPSA) is 90.6 Å². The van der Waals surface area contributed by atoms with E-state index in [4.69, 9.17) is 10.5 Å². The molecule has 98 valence electrons. The molecule has 0 aliphatic rings. The maximum absolute atomic E-state index is 11.3. The van der Waals surface area contributed by atoms with Crippen LogP contribution < -0.4 is 15.8 Å². The summed E-state index contributed by atoms with van der Waals surface area (Å²) in [6.45, 7) is 0.189. The fourth-order valence-corrected chi connectivity index (χ4v) is 1.28. The summed E-state index contributed by atoms with van der Waals surface area (Å²) in [5.74, 6) is -0.231. The number of amides is 1. The summed E-state index contributed by atoms with van der Waals surface area (Å²) in [7, 11) is 2.85. The lowest BCUT2D eigenvalue weighted by Gasteiger charge is -2.09. The van der Waals surface area contributed by atoms with Crippen LogP contribution in [0.25, 0.3) is 0 Å². The van der Waals surface area contributed by atoms with E-state index in [1.165, 1.54) is 13.2 Å². The second-order valence-corrected chi connectivity index (χ2v) is 3.52. The molecule has 0 atom stereocenters. The molecule has 0 saturated carbocycles. The second-order valence-electron chi connectivity index (χ2n) is 3.52. The fraction of sp³-hybridized carbons (Fsp3) is 0.333. The number of rotatable bonds is 5. The van der Waals surface area contributed by atoms with Gasteiger partial charge in [0.1, 0.15) is 5.75 Å². The lowest BCUT2D eigenvalue weighted by atomic mass is 10.2. The number of esters is 1.